The van der Waals surface area contributed by atoms with E-state index < -0.39 is 22.0 Å². The monoisotopic (exact) mass is 442 g/mol. The van der Waals surface area contributed by atoms with Crippen LogP contribution in [0.25, 0.3) is 0 Å². The lowest BCUT2D eigenvalue weighted by molar-refractivity contribution is -0.121. The fourth-order valence-corrected chi connectivity index (χ4v) is 4.56. The van der Waals surface area contributed by atoms with Gasteiger partial charge in [-0.2, -0.15) is 0 Å². The summed E-state index contributed by atoms with van der Waals surface area (Å²) in [4.78, 5) is 12.6. The van der Waals surface area contributed by atoms with Crippen LogP contribution in [-0.4, -0.2) is 33.2 Å². The van der Waals surface area contributed by atoms with E-state index in [-0.39, 0.29) is 10.7 Å². The van der Waals surface area contributed by atoms with Gasteiger partial charge in [0.1, 0.15) is 6.04 Å². The van der Waals surface area contributed by atoms with Gasteiger partial charge in [0.25, 0.3) is 0 Å². The second-order valence-electron chi connectivity index (χ2n) is 6.71. The van der Waals surface area contributed by atoms with E-state index in [9.17, 15) is 13.2 Å². The molecule has 0 saturated heterocycles. The molecule has 1 amide bonds. The number of anilines is 1. The molecule has 0 heterocycles. The lowest BCUT2D eigenvalue weighted by Gasteiger charge is -2.29. The van der Waals surface area contributed by atoms with Gasteiger partial charge in [0.2, 0.25) is 15.9 Å². The van der Waals surface area contributed by atoms with Crippen LogP contribution in [0.4, 0.5) is 5.69 Å². The molecule has 2 aromatic rings. The Hall–Kier alpha value is -1.76. The van der Waals surface area contributed by atoms with Crippen LogP contribution in [0.15, 0.2) is 42.5 Å². The highest BCUT2D eigenvalue weighted by Gasteiger charge is 2.30. The maximum Gasteiger partial charge on any atom is 0.243 e. The Morgan fingerprint density at radius 3 is 2.54 bits per heavy atom. The Labute approximate surface area is 176 Å². The molecule has 0 radical (unpaired) electrons. The molecule has 0 bridgehead atoms. The zero-order valence-electron chi connectivity index (χ0n) is 16.1. The predicted octanol–water partition coefficient (Wildman–Crippen LogP) is 4.21. The number of hydrogen-bond acceptors (Lipinski definition) is 3. The zero-order chi connectivity index (χ0) is 20.9. The van der Waals surface area contributed by atoms with E-state index in [1.807, 2.05) is 25.1 Å². The van der Waals surface area contributed by atoms with Gasteiger partial charge in [0, 0.05) is 11.6 Å². The average Bonchev–Trinajstić information content (AvgIpc) is 2.60. The molecule has 0 unspecified atom stereocenters. The van der Waals surface area contributed by atoms with Gasteiger partial charge in [-0.15, -0.1) is 0 Å². The van der Waals surface area contributed by atoms with Crippen LogP contribution < -0.4 is 9.62 Å². The van der Waals surface area contributed by atoms with E-state index in [0.29, 0.717) is 11.6 Å². The van der Waals surface area contributed by atoms with Crippen LogP contribution >= 0.6 is 23.2 Å². The Morgan fingerprint density at radius 1 is 1.18 bits per heavy atom. The third kappa shape index (κ3) is 6.12. The molecule has 0 aliphatic carbocycles. The molecule has 0 fully saturated rings. The van der Waals surface area contributed by atoms with Gasteiger partial charge in [-0.1, -0.05) is 53.0 Å². The van der Waals surface area contributed by atoms with Crippen molar-refractivity contribution in [3.8, 4) is 0 Å². The van der Waals surface area contributed by atoms with E-state index >= 15 is 0 Å². The largest absolute Gasteiger partial charge is 0.354 e. The topological polar surface area (TPSA) is 66.5 Å². The maximum absolute atomic E-state index is 12.6. The van der Waals surface area contributed by atoms with Crippen molar-refractivity contribution in [3.63, 3.8) is 0 Å². The van der Waals surface area contributed by atoms with Gasteiger partial charge in [0.05, 0.1) is 17.0 Å². The minimum absolute atomic E-state index is 0.180. The summed E-state index contributed by atoms with van der Waals surface area (Å²) >= 11 is 12.1. The first-order chi connectivity index (χ1) is 13.1. The zero-order valence-corrected chi connectivity index (χ0v) is 18.4. The number of carbonyl (C=O) groups excluding carboxylic acids is 1. The van der Waals surface area contributed by atoms with Crippen LogP contribution in [0.5, 0.6) is 0 Å². The second kappa shape index (κ2) is 9.63. The maximum atomic E-state index is 12.6. The molecule has 0 saturated carbocycles. The molecule has 0 aromatic heterocycles. The fourth-order valence-electron chi connectivity index (χ4n) is 2.96. The summed E-state index contributed by atoms with van der Waals surface area (Å²) in [6, 6.07) is 11.7. The molecular weight excluding hydrogens is 419 g/mol. The van der Waals surface area contributed by atoms with Crippen LogP contribution in [-0.2, 0) is 21.2 Å². The number of benzene rings is 2. The SMILES string of the molecule is Cc1cccc(CCCNC(=O)[C@H](C)N(c2cc(Cl)ccc2Cl)S(C)(=O)=O)c1. The summed E-state index contributed by atoms with van der Waals surface area (Å²) in [6.07, 6.45) is 2.61. The third-order valence-corrected chi connectivity index (χ3v) is 6.04. The standard InChI is InChI=1S/C20H24Cl2N2O3S/c1-14-6-4-7-16(12-14)8-5-11-23-20(25)15(2)24(28(3,26)27)19-13-17(21)9-10-18(19)22/h4,6-7,9-10,12-13,15H,5,8,11H2,1-3H3,(H,23,25)/t15-/m0/s1. The van der Waals surface area contributed by atoms with E-state index in [0.717, 1.165) is 23.4 Å². The average molecular weight is 443 g/mol. The van der Waals surface area contributed by atoms with Crippen molar-refractivity contribution in [1.82, 2.24) is 5.32 Å². The molecule has 0 aliphatic rings. The first kappa shape index (κ1) is 22.5. The summed E-state index contributed by atoms with van der Waals surface area (Å²) in [5.74, 6) is -0.397. The van der Waals surface area contributed by atoms with Crippen molar-refractivity contribution in [2.75, 3.05) is 17.1 Å². The lowest BCUT2D eigenvalue weighted by Crippen LogP contribution is -2.48. The second-order valence-corrected chi connectivity index (χ2v) is 9.42. The fraction of sp³-hybridized carbons (Fsp3) is 0.350. The smallest absolute Gasteiger partial charge is 0.243 e. The Balaban J connectivity index is 2.04. The molecular formula is C20H24Cl2N2O3S. The van der Waals surface area contributed by atoms with Crippen molar-refractivity contribution in [3.05, 3.63) is 63.6 Å². The molecule has 1 atom stereocenters. The highest BCUT2D eigenvalue weighted by molar-refractivity contribution is 7.92. The van der Waals surface area contributed by atoms with E-state index in [2.05, 4.69) is 11.4 Å². The van der Waals surface area contributed by atoms with E-state index in [1.165, 1.54) is 30.2 Å². The summed E-state index contributed by atoms with van der Waals surface area (Å²) in [5.41, 5.74) is 2.57. The van der Waals surface area contributed by atoms with Gasteiger partial charge >= 0.3 is 0 Å². The molecule has 2 aromatic carbocycles. The number of rotatable bonds is 8. The molecule has 2 rings (SSSR count). The molecule has 8 heteroatoms. The normalized spacial score (nSPS) is 12.5. The van der Waals surface area contributed by atoms with Crippen molar-refractivity contribution in [2.24, 2.45) is 0 Å². The van der Waals surface area contributed by atoms with Gasteiger partial charge in [0.15, 0.2) is 0 Å². The number of aryl methyl sites for hydroxylation is 2. The molecule has 5 nitrogen and oxygen atoms in total. The molecule has 0 spiro atoms. The van der Waals surface area contributed by atoms with Gasteiger partial charge < -0.3 is 5.32 Å². The highest BCUT2D eigenvalue weighted by Crippen LogP contribution is 2.32. The Bertz CT molecular complexity index is 948. The van der Waals surface area contributed by atoms with Gasteiger partial charge in [-0.25, -0.2) is 8.42 Å². The summed E-state index contributed by atoms with van der Waals surface area (Å²) in [5, 5.41) is 3.34. The number of nitrogens with zero attached hydrogens (tertiary/aromatic N) is 1. The molecule has 28 heavy (non-hydrogen) atoms. The minimum Gasteiger partial charge on any atom is -0.354 e. The van der Waals surface area contributed by atoms with Crippen molar-refractivity contribution in [1.29, 1.82) is 0 Å². The van der Waals surface area contributed by atoms with Crippen LogP contribution in [0.3, 0.4) is 0 Å². The highest BCUT2D eigenvalue weighted by atomic mass is 35.5. The Kier molecular flexibility index (Phi) is 7.75. The van der Waals surface area contributed by atoms with Crippen molar-refractivity contribution >= 4 is 44.8 Å². The van der Waals surface area contributed by atoms with Crippen LogP contribution in [0, 0.1) is 6.92 Å². The van der Waals surface area contributed by atoms with Crippen LogP contribution in [0.2, 0.25) is 10.0 Å². The van der Waals surface area contributed by atoms with Crippen molar-refractivity contribution < 1.29 is 13.2 Å². The van der Waals surface area contributed by atoms with Crippen molar-refractivity contribution in [2.45, 2.75) is 32.7 Å². The van der Waals surface area contributed by atoms with Gasteiger partial charge in [-0.05, 0) is 50.5 Å². The number of hydrogen-bond donors (Lipinski definition) is 1. The number of nitrogens with one attached hydrogen (secondary N) is 1. The van der Waals surface area contributed by atoms with Crippen LogP contribution in [0.1, 0.15) is 24.5 Å². The predicted molar refractivity (Wildman–Crippen MR) is 116 cm³/mol. The van der Waals surface area contributed by atoms with E-state index in [1.54, 1.807) is 6.07 Å². The summed E-state index contributed by atoms with van der Waals surface area (Å²) in [7, 11) is -3.75. The molecule has 152 valence electrons. The molecule has 1 N–H and O–H groups in total. The summed E-state index contributed by atoms with van der Waals surface area (Å²) in [6.45, 7) is 4.00. The molecule has 0 aliphatic heterocycles. The number of carbonyl (C=O) groups is 1. The third-order valence-electron chi connectivity index (χ3n) is 4.26. The summed E-state index contributed by atoms with van der Waals surface area (Å²) < 4.78 is 25.7. The quantitative estimate of drug-likeness (QED) is 0.622. The first-order valence-corrected chi connectivity index (χ1v) is 11.5. The number of halogens is 2. The number of amides is 1. The number of sulfonamides is 1. The lowest BCUT2D eigenvalue weighted by atomic mass is 10.1. The first-order valence-electron chi connectivity index (χ1n) is 8.87. The minimum atomic E-state index is -3.75. The Morgan fingerprint density at radius 2 is 1.89 bits per heavy atom. The van der Waals surface area contributed by atoms with Gasteiger partial charge in [-0.3, -0.25) is 9.10 Å². The van der Waals surface area contributed by atoms with E-state index in [4.69, 9.17) is 23.2 Å².